The average Bonchev–Trinajstić information content (AvgIpc) is 2.27. The Morgan fingerprint density at radius 1 is 1.40 bits per heavy atom. The quantitative estimate of drug-likeness (QED) is 0.413. The third-order valence-electron chi connectivity index (χ3n) is 3.67. The molecule has 0 aromatic rings. The van der Waals surface area contributed by atoms with Crippen LogP contribution in [0.25, 0.3) is 0 Å². The first-order valence-electron chi connectivity index (χ1n) is 5.80. The molecule has 0 bridgehead atoms. The fourth-order valence-electron chi connectivity index (χ4n) is 2.10. The van der Waals surface area contributed by atoms with Crippen molar-refractivity contribution in [1.82, 2.24) is 10.3 Å². The third-order valence-corrected chi connectivity index (χ3v) is 3.67. The second-order valence-electron chi connectivity index (χ2n) is 4.76. The molecule has 1 heterocycles. The van der Waals surface area contributed by atoms with Crippen molar-refractivity contribution in [3.63, 3.8) is 0 Å². The largest absolute Gasteiger partial charge is 0.300 e. The van der Waals surface area contributed by atoms with E-state index in [0.29, 0.717) is 0 Å². The lowest BCUT2D eigenvalue weighted by molar-refractivity contribution is -0.126. The Morgan fingerprint density at radius 2 is 1.93 bits per heavy atom. The van der Waals surface area contributed by atoms with Crippen LogP contribution in [0.4, 0.5) is 0 Å². The highest BCUT2D eigenvalue weighted by molar-refractivity contribution is 5.78. The number of carbonyl (C=O) groups excluding carboxylic acids is 1. The summed E-state index contributed by atoms with van der Waals surface area (Å²) in [6, 6.07) is 0.279. The number of piperidine rings is 1. The molecule has 4 heteroatoms. The fourth-order valence-corrected chi connectivity index (χ4v) is 2.10. The van der Waals surface area contributed by atoms with E-state index >= 15 is 0 Å². The predicted molar refractivity (Wildman–Crippen MR) is 60.9 cm³/mol. The van der Waals surface area contributed by atoms with Crippen LogP contribution in [0.2, 0.25) is 0 Å². The molecule has 88 valence electrons. The van der Waals surface area contributed by atoms with Gasteiger partial charge in [0.1, 0.15) is 0 Å². The number of likely N-dealkylation sites (tertiary alicyclic amines) is 1. The number of nitrogens with one attached hydrogen (secondary N) is 1. The molecule has 1 aliphatic heterocycles. The standard InChI is InChI=1S/C11H23N3O/c1-8-4-6-14(7-5-8)10(3)9(2)11(15)13-12/h8-10H,4-7,12H2,1-3H3,(H,13,15). The summed E-state index contributed by atoms with van der Waals surface area (Å²) >= 11 is 0. The second kappa shape index (κ2) is 5.47. The summed E-state index contributed by atoms with van der Waals surface area (Å²) in [6.07, 6.45) is 2.47. The van der Waals surface area contributed by atoms with Gasteiger partial charge in [0.2, 0.25) is 5.91 Å². The van der Waals surface area contributed by atoms with Crippen LogP contribution >= 0.6 is 0 Å². The summed E-state index contributed by atoms with van der Waals surface area (Å²) in [5.41, 5.74) is 2.23. The number of rotatable bonds is 3. The summed E-state index contributed by atoms with van der Waals surface area (Å²) in [6.45, 7) is 8.54. The van der Waals surface area contributed by atoms with Crippen LogP contribution in [0, 0.1) is 11.8 Å². The first kappa shape index (κ1) is 12.5. The Morgan fingerprint density at radius 3 is 2.40 bits per heavy atom. The number of nitrogens with zero attached hydrogens (tertiary/aromatic N) is 1. The third kappa shape index (κ3) is 3.18. The lowest BCUT2D eigenvalue weighted by Gasteiger charge is -2.37. The van der Waals surface area contributed by atoms with Gasteiger partial charge in [0.25, 0.3) is 0 Å². The van der Waals surface area contributed by atoms with Gasteiger partial charge in [-0.05, 0) is 38.8 Å². The van der Waals surface area contributed by atoms with E-state index in [9.17, 15) is 4.79 Å². The molecule has 0 saturated carbocycles. The van der Waals surface area contributed by atoms with Crippen molar-refractivity contribution in [1.29, 1.82) is 0 Å². The van der Waals surface area contributed by atoms with E-state index < -0.39 is 0 Å². The summed E-state index contributed by atoms with van der Waals surface area (Å²) in [4.78, 5) is 13.8. The van der Waals surface area contributed by atoms with Crippen LogP contribution in [0.5, 0.6) is 0 Å². The molecule has 0 aromatic carbocycles. The summed E-state index contributed by atoms with van der Waals surface area (Å²) in [7, 11) is 0. The van der Waals surface area contributed by atoms with Crippen LogP contribution in [-0.4, -0.2) is 29.9 Å². The Hall–Kier alpha value is -0.610. The van der Waals surface area contributed by atoms with Gasteiger partial charge in [0, 0.05) is 6.04 Å². The zero-order chi connectivity index (χ0) is 11.4. The molecule has 1 amide bonds. The maximum atomic E-state index is 11.4. The molecule has 1 aliphatic rings. The minimum atomic E-state index is -0.0684. The van der Waals surface area contributed by atoms with Crippen molar-refractivity contribution >= 4 is 5.91 Å². The topological polar surface area (TPSA) is 58.4 Å². The number of hydrazine groups is 1. The van der Waals surface area contributed by atoms with Crippen molar-refractivity contribution in [2.75, 3.05) is 13.1 Å². The van der Waals surface area contributed by atoms with Crippen LogP contribution < -0.4 is 11.3 Å². The van der Waals surface area contributed by atoms with E-state index in [2.05, 4.69) is 24.2 Å². The van der Waals surface area contributed by atoms with Gasteiger partial charge in [-0.3, -0.25) is 15.1 Å². The minimum absolute atomic E-state index is 0.0385. The summed E-state index contributed by atoms with van der Waals surface area (Å²) < 4.78 is 0. The summed E-state index contributed by atoms with van der Waals surface area (Å²) in [5, 5.41) is 0. The molecule has 4 nitrogen and oxygen atoms in total. The molecular weight excluding hydrogens is 190 g/mol. The molecule has 2 unspecified atom stereocenters. The number of hydrogen-bond donors (Lipinski definition) is 2. The number of nitrogens with two attached hydrogens (primary N) is 1. The van der Waals surface area contributed by atoms with E-state index in [4.69, 9.17) is 5.84 Å². The SMILES string of the molecule is CC1CCN(C(C)C(C)C(=O)NN)CC1. The van der Waals surface area contributed by atoms with Gasteiger partial charge in [-0.15, -0.1) is 0 Å². The Labute approximate surface area is 92.2 Å². The molecule has 0 aliphatic carbocycles. The van der Waals surface area contributed by atoms with E-state index in [0.717, 1.165) is 19.0 Å². The van der Waals surface area contributed by atoms with Crippen LogP contribution in [0.1, 0.15) is 33.6 Å². The van der Waals surface area contributed by atoms with Gasteiger partial charge in [-0.2, -0.15) is 0 Å². The van der Waals surface area contributed by atoms with Gasteiger partial charge >= 0.3 is 0 Å². The van der Waals surface area contributed by atoms with Crippen molar-refractivity contribution in [2.45, 2.75) is 39.7 Å². The van der Waals surface area contributed by atoms with Crippen molar-refractivity contribution in [3.8, 4) is 0 Å². The highest BCUT2D eigenvalue weighted by Gasteiger charge is 2.27. The zero-order valence-corrected chi connectivity index (χ0v) is 9.99. The van der Waals surface area contributed by atoms with Gasteiger partial charge < -0.3 is 0 Å². The normalized spacial score (nSPS) is 23.5. The highest BCUT2D eigenvalue weighted by atomic mass is 16.2. The van der Waals surface area contributed by atoms with E-state index in [-0.39, 0.29) is 17.9 Å². The predicted octanol–water partition coefficient (Wildman–Crippen LogP) is 0.733. The molecular formula is C11H23N3O. The van der Waals surface area contributed by atoms with Gasteiger partial charge in [0.05, 0.1) is 5.92 Å². The molecule has 15 heavy (non-hydrogen) atoms. The Kier molecular flexibility index (Phi) is 4.54. The van der Waals surface area contributed by atoms with Crippen LogP contribution in [0.3, 0.4) is 0 Å². The Bertz CT molecular complexity index is 212. The maximum Gasteiger partial charge on any atom is 0.238 e. The molecule has 3 N–H and O–H groups in total. The molecule has 0 aromatic heterocycles. The van der Waals surface area contributed by atoms with Crippen LogP contribution in [0.15, 0.2) is 0 Å². The monoisotopic (exact) mass is 213 g/mol. The number of amides is 1. The lowest BCUT2D eigenvalue weighted by atomic mass is 9.94. The molecule has 1 fully saturated rings. The van der Waals surface area contributed by atoms with Crippen molar-refractivity contribution < 1.29 is 4.79 Å². The average molecular weight is 213 g/mol. The summed E-state index contributed by atoms with van der Waals surface area (Å²) in [5.74, 6) is 5.86. The van der Waals surface area contributed by atoms with Crippen LogP contribution in [-0.2, 0) is 4.79 Å². The molecule has 0 spiro atoms. The van der Waals surface area contributed by atoms with Crippen molar-refractivity contribution in [2.24, 2.45) is 17.7 Å². The molecule has 1 rings (SSSR count). The Balaban J connectivity index is 2.45. The number of hydrogen-bond acceptors (Lipinski definition) is 3. The molecule has 2 atom stereocenters. The fraction of sp³-hybridized carbons (Fsp3) is 0.909. The maximum absolute atomic E-state index is 11.4. The minimum Gasteiger partial charge on any atom is -0.300 e. The molecule has 0 radical (unpaired) electrons. The molecule has 1 saturated heterocycles. The smallest absolute Gasteiger partial charge is 0.238 e. The number of carbonyl (C=O) groups is 1. The van der Waals surface area contributed by atoms with Gasteiger partial charge in [-0.25, -0.2) is 5.84 Å². The highest BCUT2D eigenvalue weighted by Crippen LogP contribution is 2.21. The van der Waals surface area contributed by atoms with Gasteiger partial charge in [0.15, 0.2) is 0 Å². The van der Waals surface area contributed by atoms with E-state index in [1.807, 2.05) is 6.92 Å². The van der Waals surface area contributed by atoms with Gasteiger partial charge in [-0.1, -0.05) is 13.8 Å². The second-order valence-corrected chi connectivity index (χ2v) is 4.76. The van der Waals surface area contributed by atoms with E-state index in [1.165, 1.54) is 12.8 Å². The lowest BCUT2D eigenvalue weighted by Crippen LogP contribution is -2.48. The first-order chi connectivity index (χ1) is 7.06. The van der Waals surface area contributed by atoms with Crippen molar-refractivity contribution in [3.05, 3.63) is 0 Å². The zero-order valence-electron chi connectivity index (χ0n) is 9.99. The van der Waals surface area contributed by atoms with E-state index in [1.54, 1.807) is 0 Å². The first-order valence-corrected chi connectivity index (χ1v) is 5.80.